The number of likely N-dealkylation sites (tertiary alicyclic amines) is 1. The van der Waals surface area contributed by atoms with E-state index in [4.69, 9.17) is 10.5 Å². The summed E-state index contributed by atoms with van der Waals surface area (Å²) in [5.41, 5.74) is 5.94. The molecule has 2 aliphatic heterocycles. The molecule has 0 aromatic carbocycles. The van der Waals surface area contributed by atoms with Crippen LogP contribution in [0.3, 0.4) is 0 Å². The second kappa shape index (κ2) is 6.63. The van der Waals surface area contributed by atoms with Crippen molar-refractivity contribution in [2.24, 2.45) is 11.7 Å². The van der Waals surface area contributed by atoms with Crippen LogP contribution in [-0.4, -0.2) is 66.7 Å². The lowest BCUT2D eigenvalue weighted by molar-refractivity contribution is -0.137. The highest BCUT2D eigenvalue weighted by atomic mass is 16.5. The van der Waals surface area contributed by atoms with Gasteiger partial charge in [-0.1, -0.05) is 0 Å². The first kappa shape index (κ1) is 15.3. The maximum atomic E-state index is 12.5. The number of carbonyl (C=O) groups is 1. The summed E-state index contributed by atoms with van der Waals surface area (Å²) in [7, 11) is 0. The quantitative estimate of drug-likeness (QED) is 0.819. The summed E-state index contributed by atoms with van der Waals surface area (Å²) in [6.45, 7) is 6.91. The minimum absolute atomic E-state index is 0.194. The summed E-state index contributed by atoms with van der Waals surface area (Å²) in [6, 6.07) is 0.873. The summed E-state index contributed by atoms with van der Waals surface area (Å²) in [4.78, 5) is 17.2. The van der Waals surface area contributed by atoms with Crippen molar-refractivity contribution >= 4 is 5.91 Å². The highest BCUT2D eigenvalue weighted by Crippen LogP contribution is 2.28. The van der Waals surface area contributed by atoms with Crippen LogP contribution in [0.5, 0.6) is 0 Å². The molecule has 3 unspecified atom stereocenters. The fourth-order valence-corrected chi connectivity index (χ4v) is 4.13. The van der Waals surface area contributed by atoms with Crippen LogP contribution in [0.15, 0.2) is 0 Å². The maximum absolute atomic E-state index is 12.5. The number of rotatable bonds is 2. The number of hydrogen-bond acceptors (Lipinski definition) is 4. The Morgan fingerprint density at radius 1 is 1.14 bits per heavy atom. The van der Waals surface area contributed by atoms with E-state index < -0.39 is 0 Å². The smallest absolute Gasteiger partial charge is 0.225 e. The minimum atomic E-state index is 0.194. The fourth-order valence-electron chi connectivity index (χ4n) is 4.13. The van der Waals surface area contributed by atoms with E-state index in [2.05, 4.69) is 16.7 Å². The third-order valence-corrected chi connectivity index (χ3v) is 5.39. The van der Waals surface area contributed by atoms with Crippen LogP contribution in [-0.2, 0) is 9.53 Å². The molecule has 120 valence electrons. The molecule has 0 radical (unpaired) electrons. The van der Waals surface area contributed by atoms with E-state index in [9.17, 15) is 4.79 Å². The van der Waals surface area contributed by atoms with Crippen molar-refractivity contribution in [2.45, 2.75) is 57.2 Å². The lowest BCUT2D eigenvalue weighted by atomic mass is 9.99. The fraction of sp³-hybridized carbons (Fsp3) is 0.938. The van der Waals surface area contributed by atoms with Crippen molar-refractivity contribution in [3.05, 3.63) is 0 Å². The van der Waals surface area contributed by atoms with Crippen molar-refractivity contribution in [3.8, 4) is 0 Å². The van der Waals surface area contributed by atoms with Gasteiger partial charge >= 0.3 is 0 Å². The molecular formula is C16H29N3O2. The van der Waals surface area contributed by atoms with Crippen molar-refractivity contribution < 1.29 is 9.53 Å². The molecule has 1 saturated carbocycles. The monoisotopic (exact) mass is 295 g/mol. The maximum Gasteiger partial charge on any atom is 0.225 e. The number of morpholine rings is 1. The van der Waals surface area contributed by atoms with Crippen LogP contribution in [0.4, 0.5) is 0 Å². The molecule has 21 heavy (non-hydrogen) atoms. The van der Waals surface area contributed by atoms with Gasteiger partial charge in [0.15, 0.2) is 0 Å². The van der Waals surface area contributed by atoms with Gasteiger partial charge < -0.3 is 15.4 Å². The van der Waals surface area contributed by atoms with Gasteiger partial charge in [0.2, 0.25) is 5.91 Å². The highest BCUT2D eigenvalue weighted by Gasteiger charge is 2.34. The Balaban J connectivity index is 1.47. The molecule has 3 aliphatic rings. The molecule has 0 aromatic rings. The molecule has 3 rings (SSSR count). The van der Waals surface area contributed by atoms with Gasteiger partial charge in [0.1, 0.15) is 0 Å². The number of carbonyl (C=O) groups excluding carboxylic acids is 1. The normalized spacial score (nSPS) is 36.1. The first-order chi connectivity index (χ1) is 10.1. The molecule has 2 heterocycles. The van der Waals surface area contributed by atoms with Crippen LogP contribution in [0.25, 0.3) is 0 Å². The van der Waals surface area contributed by atoms with Gasteiger partial charge in [-0.25, -0.2) is 0 Å². The van der Waals surface area contributed by atoms with Gasteiger partial charge in [0.05, 0.1) is 12.7 Å². The number of amides is 1. The predicted octanol–water partition coefficient (Wildman–Crippen LogP) is 0.826. The Bertz CT molecular complexity index is 369. The van der Waals surface area contributed by atoms with Gasteiger partial charge in [0.25, 0.3) is 0 Å². The molecule has 3 fully saturated rings. The van der Waals surface area contributed by atoms with Crippen molar-refractivity contribution in [1.29, 1.82) is 0 Å². The molecular weight excluding hydrogens is 266 g/mol. The van der Waals surface area contributed by atoms with Gasteiger partial charge in [-0.15, -0.1) is 0 Å². The molecule has 0 spiro atoms. The van der Waals surface area contributed by atoms with E-state index in [0.717, 1.165) is 64.9 Å². The molecule has 0 aromatic heterocycles. The summed E-state index contributed by atoms with van der Waals surface area (Å²) in [6.07, 6.45) is 5.45. The van der Waals surface area contributed by atoms with Crippen molar-refractivity contribution in [3.63, 3.8) is 0 Å². The standard InChI is InChI=1S/C16H29N3O2/c1-12-11-19(8-9-21-12)15-4-6-18(7-5-15)16(20)13-2-3-14(17)10-13/h12-15H,2-11,17H2,1H3. The van der Waals surface area contributed by atoms with E-state index in [-0.39, 0.29) is 12.0 Å². The van der Waals surface area contributed by atoms with Gasteiger partial charge in [-0.3, -0.25) is 9.69 Å². The van der Waals surface area contributed by atoms with Gasteiger partial charge in [-0.05, 0) is 39.0 Å². The molecule has 5 nitrogen and oxygen atoms in total. The number of nitrogens with zero attached hydrogens (tertiary/aromatic N) is 2. The topological polar surface area (TPSA) is 58.8 Å². The number of ether oxygens (including phenoxy) is 1. The van der Waals surface area contributed by atoms with Crippen LogP contribution in [0, 0.1) is 5.92 Å². The third kappa shape index (κ3) is 3.58. The molecule has 1 aliphatic carbocycles. The molecule has 5 heteroatoms. The molecule has 2 N–H and O–H groups in total. The summed E-state index contributed by atoms with van der Waals surface area (Å²) in [5, 5.41) is 0. The van der Waals surface area contributed by atoms with E-state index in [1.807, 2.05) is 0 Å². The van der Waals surface area contributed by atoms with Crippen molar-refractivity contribution in [1.82, 2.24) is 9.80 Å². The zero-order valence-corrected chi connectivity index (χ0v) is 13.2. The zero-order valence-electron chi connectivity index (χ0n) is 13.2. The Labute approximate surface area is 127 Å². The minimum Gasteiger partial charge on any atom is -0.376 e. The Morgan fingerprint density at radius 2 is 1.90 bits per heavy atom. The Morgan fingerprint density at radius 3 is 2.52 bits per heavy atom. The lowest BCUT2D eigenvalue weighted by Crippen LogP contribution is -2.52. The zero-order chi connectivity index (χ0) is 14.8. The first-order valence-electron chi connectivity index (χ1n) is 8.53. The third-order valence-electron chi connectivity index (χ3n) is 5.39. The summed E-state index contributed by atoms with van der Waals surface area (Å²) in [5.74, 6) is 0.553. The summed E-state index contributed by atoms with van der Waals surface area (Å²) >= 11 is 0. The Hall–Kier alpha value is -0.650. The highest BCUT2D eigenvalue weighted by molar-refractivity contribution is 5.79. The average molecular weight is 295 g/mol. The largest absolute Gasteiger partial charge is 0.376 e. The lowest BCUT2D eigenvalue weighted by Gasteiger charge is -2.42. The van der Waals surface area contributed by atoms with Crippen LogP contribution >= 0.6 is 0 Å². The number of hydrogen-bond donors (Lipinski definition) is 1. The average Bonchev–Trinajstić information content (AvgIpc) is 2.93. The van der Waals surface area contributed by atoms with Crippen LogP contribution < -0.4 is 5.73 Å². The number of nitrogens with two attached hydrogens (primary N) is 1. The van der Waals surface area contributed by atoms with Crippen molar-refractivity contribution in [2.75, 3.05) is 32.8 Å². The molecule has 1 amide bonds. The summed E-state index contributed by atoms with van der Waals surface area (Å²) < 4.78 is 5.62. The number of piperidine rings is 1. The van der Waals surface area contributed by atoms with Crippen LogP contribution in [0.1, 0.15) is 39.0 Å². The van der Waals surface area contributed by atoms with E-state index in [1.165, 1.54) is 0 Å². The second-order valence-corrected chi connectivity index (χ2v) is 7.00. The van der Waals surface area contributed by atoms with Crippen LogP contribution in [0.2, 0.25) is 0 Å². The van der Waals surface area contributed by atoms with E-state index >= 15 is 0 Å². The van der Waals surface area contributed by atoms with Gasteiger partial charge in [0, 0.05) is 44.2 Å². The van der Waals surface area contributed by atoms with E-state index in [1.54, 1.807) is 0 Å². The van der Waals surface area contributed by atoms with Gasteiger partial charge in [-0.2, -0.15) is 0 Å². The predicted molar refractivity (Wildman–Crippen MR) is 81.9 cm³/mol. The molecule has 2 saturated heterocycles. The molecule has 0 bridgehead atoms. The SMILES string of the molecule is CC1CN(C2CCN(C(=O)C3CCC(N)C3)CC2)CCO1. The second-order valence-electron chi connectivity index (χ2n) is 7.00. The first-order valence-corrected chi connectivity index (χ1v) is 8.53. The molecule has 3 atom stereocenters. The van der Waals surface area contributed by atoms with E-state index in [0.29, 0.717) is 18.1 Å². The Kier molecular flexibility index (Phi) is 4.82.